The Morgan fingerprint density at radius 3 is 2.79 bits per heavy atom. The molecule has 28 heavy (non-hydrogen) atoms. The molecule has 1 amide bonds. The first-order valence-electron chi connectivity index (χ1n) is 9.70. The average Bonchev–Trinajstić information content (AvgIpc) is 3.42. The Kier molecular flexibility index (Phi) is 6.94. The van der Waals surface area contributed by atoms with Crippen LogP contribution in [0, 0.1) is 0 Å². The van der Waals surface area contributed by atoms with Gasteiger partial charge in [-0.3, -0.25) is 9.79 Å². The quantitative estimate of drug-likeness (QED) is 0.436. The molecular formula is C21H28N4O3. The van der Waals surface area contributed by atoms with Gasteiger partial charge in [-0.15, -0.1) is 0 Å². The summed E-state index contributed by atoms with van der Waals surface area (Å²) in [5, 5.41) is 6.18. The molecule has 1 aromatic carbocycles. The van der Waals surface area contributed by atoms with E-state index in [2.05, 4.69) is 39.6 Å². The number of nitrogens with zero attached hydrogens (tertiary/aromatic N) is 2. The number of aliphatic imine (C=N–C) groups is 1. The van der Waals surface area contributed by atoms with Crippen LogP contribution in [0.3, 0.4) is 0 Å². The topological polar surface area (TPSA) is 79.1 Å². The number of methoxy groups -OCH3 is 1. The van der Waals surface area contributed by atoms with E-state index < -0.39 is 0 Å². The minimum Gasteiger partial charge on any atom is -0.497 e. The number of furan rings is 1. The van der Waals surface area contributed by atoms with Gasteiger partial charge in [-0.05, 0) is 43.2 Å². The normalized spacial score (nSPS) is 16.9. The molecular weight excluding hydrogens is 356 g/mol. The summed E-state index contributed by atoms with van der Waals surface area (Å²) in [5.74, 6) is 2.35. The largest absolute Gasteiger partial charge is 0.497 e. The van der Waals surface area contributed by atoms with Crippen molar-refractivity contribution >= 4 is 11.9 Å². The first kappa shape index (κ1) is 19.8. The molecule has 1 saturated heterocycles. The lowest BCUT2D eigenvalue weighted by Gasteiger charge is -2.22. The molecule has 2 aromatic rings. The molecule has 0 radical (unpaired) electrons. The maximum Gasteiger partial charge on any atom is 0.287 e. The maximum absolute atomic E-state index is 11.9. The number of likely N-dealkylation sites (tertiary alicyclic amines) is 1. The summed E-state index contributed by atoms with van der Waals surface area (Å²) in [5.41, 5.74) is 1.32. The number of carbonyl (C=O) groups excluding carboxylic acids is 1. The molecule has 1 aliphatic heterocycles. The summed E-state index contributed by atoms with van der Waals surface area (Å²) >= 11 is 0. The van der Waals surface area contributed by atoms with E-state index in [1.54, 1.807) is 19.2 Å². The number of hydrogen-bond donors (Lipinski definition) is 2. The number of guanidine groups is 1. The van der Waals surface area contributed by atoms with Crippen molar-refractivity contribution in [1.82, 2.24) is 15.5 Å². The SMILES string of the molecule is CCNC(=NCCNC(=O)c1ccco1)N1CCC(c2ccc(OC)cc2)C1. The molecule has 0 spiro atoms. The van der Waals surface area contributed by atoms with Crippen molar-refractivity contribution in [1.29, 1.82) is 0 Å². The van der Waals surface area contributed by atoms with Gasteiger partial charge < -0.3 is 24.7 Å². The zero-order valence-corrected chi connectivity index (χ0v) is 16.5. The molecule has 7 nitrogen and oxygen atoms in total. The van der Waals surface area contributed by atoms with Crippen LogP contribution in [0.25, 0.3) is 0 Å². The molecule has 2 heterocycles. The van der Waals surface area contributed by atoms with Crippen LogP contribution in [0.1, 0.15) is 35.4 Å². The fourth-order valence-electron chi connectivity index (χ4n) is 3.35. The standard InChI is InChI=1S/C21H28N4O3/c1-3-22-21(24-12-11-23-20(26)19-5-4-14-28-19)25-13-10-17(15-25)16-6-8-18(27-2)9-7-16/h4-9,14,17H,3,10-13,15H2,1-2H3,(H,22,24)(H,23,26). The predicted octanol–water partition coefficient (Wildman–Crippen LogP) is 2.47. The van der Waals surface area contributed by atoms with E-state index in [1.807, 2.05) is 12.1 Å². The van der Waals surface area contributed by atoms with Crippen LogP contribution < -0.4 is 15.4 Å². The first-order valence-corrected chi connectivity index (χ1v) is 9.70. The Labute approximate surface area is 165 Å². The number of nitrogens with one attached hydrogen (secondary N) is 2. The van der Waals surface area contributed by atoms with E-state index in [9.17, 15) is 4.79 Å². The monoisotopic (exact) mass is 384 g/mol. The van der Waals surface area contributed by atoms with Crippen LogP contribution in [0.2, 0.25) is 0 Å². The molecule has 3 rings (SSSR count). The molecule has 1 fully saturated rings. The van der Waals surface area contributed by atoms with E-state index in [-0.39, 0.29) is 5.91 Å². The molecule has 0 aliphatic carbocycles. The number of amides is 1. The Morgan fingerprint density at radius 2 is 2.11 bits per heavy atom. The van der Waals surface area contributed by atoms with E-state index in [4.69, 9.17) is 9.15 Å². The lowest BCUT2D eigenvalue weighted by molar-refractivity contribution is 0.0927. The van der Waals surface area contributed by atoms with Gasteiger partial charge in [0, 0.05) is 32.1 Å². The van der Waals surface area contributed by atoms with Gasteiger partial charge in [0.05, 0.1) is 19.9 Å². The van der Waals surface area contributed by atoms with Gasteiger partial charge in [-0.25, -0.2) is 0 Å². The summed E-state index contributed by atoms with van der Waals surface area (Å²) < 4.78 is 10.3. The lowest BCUT2D eigenvalue weighted by atomic mass is 9.98. The van der Waals surface area contributed by atoms with Gasteiger partial charge in [0.2, 0.25) is 0 Å². The van der Waals surface area contributed by atoms with Crippen molar-refractivity contribution in [2.75, 3.05) is 39.8 Å². The van der Waals surface area contributed by atoms with Crippen LogP contribution in [0.5, 0.6) is 5.75 Å². The third kappa shape index (κ3) is 5.06. The van der Waals surface area contributed by atoms with Gasteiger partial charge in [-0.1, -0.05) is 12.1 Å². The molecule has 1 unspecified atom stereocenters. The molecule has 150 valence electrons. The van der Waals surface area contributed by atoms with Crippen molar-refractivity contribution < 1.29 is 13.9 Å². The van der Waals surface area contributed by atoms with Gasteiger partial charge in [0.15, 0.2) is 11.7 Å². The molecule has 7 heteroatoms. The highest BCUT2D eigenvalue weighted by atomic mass is 16.5. The number of ether oxygens (including phenoxy) is 1. The second-order valence-electron chi connectivity index (χ2n) is 6.67. The zero-order chi connectivity index (χ0) is 19.8. The fraction of sp³-hybridized carbons (Fsp3) is 0.429. The lowest BCUT2D eigenvalue weighted by Crippen LogP contribution is -2.40. The van der Waals surface area contributed by atoms with Gasteiger partial charge in [0.25, 0.3) is 5.91 Å². The minimum absolute atomic E-state index is 0.217. The van der Waals surface area contributed by atoms with Gasteiger partial charge in [-0.2, -0.15) is 0 Å². The second-order valence-corrected chi connectivity index (χ2v) is 6.67. The van der Waals surface area contributed by atoms with Crippen LogP contribution in [0.4, 0.5) is 0 Å². The van der Waals surface area contributed by atoms with E-state index in [1.165, 1.54) is 11.8 Å². The predicted molar refractivity (Wildman–Crippen MR) is 109 cm³/mol. The van der Waals surface area contributed by atoms with Crippen molar-refractivity contribution in [3.8, 4) is 5.75 Å². The Balaban J connectivity index is 1.52. The molecule has 0 saturated carbocycles. The summed E-state index contributed by atoms with van der Waals surface area (Å²) in [6.45, 7) is 5.73. The summed E-state index contributed by atoms with van der Waals surface area (Å²) in [7, 11) is 1.68. The van der Waals surface area contributed by atoms with Crippen LogP contribution in [-0.2, 0) is 0 Å². The van der Waals surface area contributed by atoms with Crippen molar-refractivity contribution in [2.24, 2.45) is 4.99 Å². The van der Waals surface area contributed by atoms with Gasteiger partial charge >= 0.3 is 0 Å². The number of benzene rings is 1. The van der Waals surface area contributed by atoms with Crippen LogP contribution in [0.15, 0.2) is 52.1 Å². The number of hydrogen-bond acceptors (Lipinski definition) is 4. The molecule has 1 atom stereocenters. The molecule has 0 bridgehead atoms. The van der Waals surface area contributed by atoms with Crippen LogP contribution in [-0.4, -0.2) is 56.6 Å². The highest BCUT2D eigenvalue weighted by Crippen LogP contribution is 2.28. The summed E-state index contributed by atoms with van der Waals surface area (Å²) in [6.07, 6.45) is 2.58. The van der Waals surface area contributed by atoms with Crippen LogP contribution >= 0.6 is 0 Å². The van der Waals surface area contributed by atoms with Crippen molar-refractivity contribution in [2.45, 2.75) is 19.3 Å². The molecule has 1 aromatic heterocycles. The number of carbonyl (C=O) groups is 1. The van der Waals surface area contributed by atoms with Crippen molar-refractivity contribution in [3.63, 3.8) is 0 Å². The Hall–Kier alpha value is -2.96. The zero-order valence-electron chi connectivity index (χ0n) is 16.5. The minimum atomic E-state index is -0.217. The first-order chi connectivity index (χ1) is 13.7. The average molecular weight is 384 g/mol. The van der Waals surface area contributed by atoms with E-state index in [0.717, 1.165) is 37.8 Å². The maximum atomic E-state index is 11.9. The second kappa shape index (κ2) is 9.82. The molecule has 1 aliphatic rings. The Morgan fingerprint density at radius 1 is 1.29 bits per heavy atom. The smallest absolute Gasteiger partial charge is 0.287 e. The van der Waals surface area contributed by atoms with E-state index in [0.29, 0.717) is 24.8 Å². The third-order valence-corrected chi connectivity index (χ3v) is 4.81. The van der Waals surface area contributed by atoms with Gasteiger partial charge in [0.1, 0.15) is 5.75 Å². The summed E-state index contributed by atoms with van der Waals surface area (Å²) in [4.78, 5) is 18.8. The third-order valence-electron chi connectivity index (χ3n) is 4.81. The summed E-state index contributed by atoms with van der Waals surface area (Å²) in [6, 6.07) is 11.6. The van der Waals surface area contributed by atoms with E-state index >= 15 is 0 Å². The fourth-order valence-corrected chi connectivity index (χ4v) is 3.35. The highest BCUT2D eigenvalue weighted by Gasteiger charge is 2.26. The number of rotatable bonds is 7. The highest BCUT2D eigenvalue weighted by molar-refractivity contribution is 5.91. The Bertz CT molecular complexity index is 771. The molecule has 2 N–H and O–H groups in total. The van der Waals surface area contributed by atoms with Crippen molar-refractivity contribution in [3.05, 3.63) is 54.0 Å².